The fraction of sp³-hybridized carbons (Fsp3) is 0.550. The maximum atomic E-state index is 12.3. The molecule has 1 N–H and O–H groups in total. The predicted octanol–water partition coefficient (Wildman–Crippen LogP) is 2.64. The van der Waals surface area contributed by atoms with E-state index in [2.05, 4.69) is 37.1 Å². The highest BCUT2D eigenvalue weighted by atomic mass is 32.2. The Labute approximate surface area is 169 Å². The van der Waals surface area contributed by atoms with E-state index >= 15 is 0 Å². The van der Waals surface area contributed by atoms with Crippen molar-refractivity contribution in [1.82, 2.24) is 20.1 Å². The molecule has 1 atom stereocenters. The average molecular weight is 402 g/mol. The molecule has 7 nitrogen and oxygen atoms in total. The fourth-order valence-corrected chi connectivity index (χ4v) is 4.45. The van der Waals surface area contributed by atoms with E-state index in [9.17, 15) is 4.79 Å². The number of ether oxygens (including phenoxy) is 1. The van der Waals surface area contributed by atoms with E-state index in [1.807, 2.05) is 18.2 Å². The summed E-state index contributed by atoms with van der Waals surface area (Å²) in [6, 6.07) is 10.1. The number of aromatic nitrogens is 3. The number of nitrogens with zero attached hydrogens (tertiary/aromatic N) is 4. The SMILES string of the molecule is O=C(CSc1nnc(N2CCCCC2)n1-c1ccccc1)NCC1CCCO1. The minimum Gasteiger partial charge on any atom is -0.376 e. The van der Waals surface area contributed by atoms with Crippen LogP contribution in [0.1, 0.15) is 32.1 Å². The lowest BCUT2D eigenvalue weighted by Gasteiger charge is -2.27. The fourth-order valence-electron chi connectivity index (χ4n) is 3.67. The number of para-hydroxylation sites is 1. The number of thioether (sulfide) groups is 1. The summed E-state index contributed by atoms with van der Waals surface area (Å²) in [6.45, 7) is 3.38. The summed E-state index contributed by atoms with van der Waals surface area (Å²) < 4.78 is 7.63. The first-order chi connectivity index (χ1) is 13.8. The van der Waals surface area contributed by atoms with E-state index in [4.69, 9.17) is 4.74 Å². The molecule has 2 fully saturated rings. The topological polar surface area (TPSA) is 72.3 Å². The van der Waals surface area contributed by atoms with Gasteiger partial charge in [-0.15, -0.1) is 10.2 Å². The molecule has 28 heavy (non-hydrogen) atoms. The molecule has 1 aromatic heterocycles. The van der Waals surface area contributed by atoms with Crippen LogP contribution in [0.15, 0.2) is 35.5 Å². The molecule has 0 bridgehead atoms. The standard InChI is InChI=1S/C20H27N5O2S/c26-18(21-14-17-10-7-13-27-17)15-28-20-23-22-19(24-11-5-2-6-12-24)25(20)16-8-3-1-4-9-16/h1,3-4,8-9,17H,2,5-7,10-15H2,(H,21,26). The monoisotopic (exact) mass is 401 g/mol. The van der Waals surface area contributed by atoms with E-state index in [1.54, 1.807) is 0 Å². The van der Waals surface area contributed by atoms with Crippen LogP contribution in [0.3, 0.4) is 0 Å². The minimum atomic E-state index is 0.00244. The van der Waals surface area contributed by atoms with Crippen LogP contribution in [-0.4, -0.2) is 58.8 Å². The Bertz CT molecular complexity index is 770. The average Bonchev–Trinajstić information content (AvgIpc) is 3.42. The molecule has 8 heteroatoms. The second-order valence-electron chi connectivity index (χ2n) is 7.23. The highest BCUT2D eigenvalue weighted by Crippen LogP contribution is 2.28. The number of nitrogens with one attached hydrogen (secondary N) is 1. The third kappa shape index (κ3) is 4.67. The first-order valence-corrected chi connectivity index (χ1v) is 11.1. The molecule has 0 aliphatic carbocycles. The van der Waals surface area contributed by atoms with Gasteiger partial charge in [-0.05, 0) is 44.2 Å². The van der Waals surface area contributed by atoms with Gasteiger partial charge in [0, 0.05) is 26.2 Å². The number of carbonyl (C=O) groups excluding carboxylic acids is 1. The lowest BCUT2D eigenvalue weighted by molar-refractivity contribution is -0.119. The van der Waals surface area contributed by atoms with Crippen LogP contribution in [0.5, 0.6) is 0 Å². The number of benzene rings is 1. The molecule has 3 heterocycles. The van der Waals surface area contributed by atoms with Crippen LogP contribution in [-0.2, 0) is 9.53 Å². The van der Waals surface area contributed by atoms with E-state index in [0.717, 1.165) is 49.3 Å². The van der Waals surface area contributed by atoms with Crippen molar-refractivity contribution >= 4 is 23.6 Å². The van der Waals surface area contributed by atoms with Gasteiger partial charge in [0.05, 0.1) is 17.5 Å². The van der Waals surface area contributed by atoms with Gasteiger partial charge in [-0.2, -0.15) is 0 Å². The molecule has 2 saturated heterocycles. The van der Waals surface area contributed by atoms with Crippen LogP contribution >= 0.6 is 11.8 Å². The molecule has 0 saturated carbocycles. The normalized spacial score (nSPS) is 19.7. The quantitative estimate of drug-likeness (QED) is 0.719. The van der Waals surface area contributed by atoms with E-state index in [0.29, 0.717) is 12.3 Å². The van der Waals surface area contributed by atoms with Gasteiger partial charge in [-0.1, -0.05) is 30.0 Å². The highest BCUT2D eigenvalue weighted by molar-refractivity contribution is 7.99. The Morgan fingerprint density at radius 1 is 1.14 bits per heavy atom. The van der Waals surface area contributed by atoms with Gasteiger partial charge < -0.3 is 15.0 Å². The molecule has 2 aliphatic heterocycles. The van der Waals surface area contributed by atoms with Crippen LogP contribution in [0.2, 0.25) is 0 Å². The van der Waals surface area contributed by atoms with Crippen molar-refractivity contribution in [3.05, 3.63) is 30.3 Å². The molecule has 0 spiro atoms. The Hall–Kier alpha value is -2.06. The summed E-state index contributed by atoms with van der Waals surface area (Å²) in [7, 11) is 0. The first-order valence-electron chi connectivity index (χ1n) is 10.1. The van der Waals surface area contributed by atoms with Crippen molar-refractivity contribution in [1.29, 1.82) is 0 Å². The van der Waals surface area contributed by atoms with E-state index in [-0.39, 0.29) is 12.0 Å². The highest BCUT2D eigenvalue weighted by Gasteiger charge is 2.22. The predicted molar refractivity (Wildman–Crippen MR) is 110 cm³/mol. The molecular weight excluding hydrogens is 374 g/mol. The van der Waals surface area contributed by atoms with Crippen molar-refractivity contribution in [3.8, 4) is 5.69 Å². The summed E-state index contributed by atoms with van der Waals surface area (Å²) in [6.07, 6.45) is 5.88. The zero-order chi connectivity index (χ0) is 19.2. The first kappa shape index (κ1) is 19.3. The van der Waals surface area contributed by atoms with E-state index in [1.165, 1.54) is 31.0 Å². The number of carbonyl (C=O) groups is 1. The largest absolute Gasteiger partial charge is 0.376 e. The number of rotatable bonds is 7. The summed E-state index contributed by atoms with van der Waals surface area (Å²) in [5.74, 6) is 1.19. The summed E-state index contributed by atoms with van der Waals surface area (Å²) in [5, 5.41) is 12.6. The Kier molecular flexibility index (Phi) is 6.49. The Balaban J connectivity index is 1.45. The molecule has 0 radical (unpaired) electrons. The minimum absolute atomic E-state index is 0.00244. The van der Waals surface area contributed by atoms with E-state index < -0.39 is 0 Å². The molecule has 2 aromatic rings. The van der Waals surface area contributed by atoms with Gasteiger partial charge in [-0.3, -0.25) is 9.36 Å². The lowest BCUT2D eigenvalue weighted by Crippen LogP contribution is -2.33. The van der Waals surface area contributed by atoms with Crippen LogP contribution in [0.4, 0.5) is 5.95 Å². The van der Waals surface area contributed by atoms with Crippen LogP contribution in [0, 0.1) is 0 Å². The van der Waals surface area contributed by atoms with Gasteiger partial charge in [0.2, 0.25) is 11.9 Å². The number of hydrogen-bond donors (Lipinski definition) is 1. The molecule has 4 rings (SSSR count). The summed E-state index contributed by atoms with van der Waals surface area (Å²) in [4.78, 5) is 14.6. The van der Waals surface area contributed by atoms with Gasteiger partial charge in [-0.25, -0.2) is 0 Å². The number of hydrogen-bond acceptors (Lipinski definition) is 6. The van der Waals surface area contributed by atoms with Crippen molar-refractivity contribution < 1.29 is 9.53 Å². The van der Waals surface area contributed by atoms with Crippen molar-refractivity contribution in [2.24, 2.45) is 0 Å². The summed E-state index contributed by atoms with van der Waals surface area (Å²) in [5.41, 5.74) is 1.02. The van der Waals surface area contributed by atoms with Gasteiger partial charge >= 0.3 is 0 Å². The summed E-state index contributed by atoms with van der Waals surface area (Å²) >= 11 is 1.43. The third-order valence-electron chi connectivity index (χ3n) is 5.15. The smallest absolute Gasteiger partial charge is 0.232 e. The maximum absolute atomic E-state index is 12.3. The zero-order valence-electron chi connectivity index (χ0n) is 16.0. The van der Waals surface area contributed by atoms with Gasteiger partial charge in [0.25, 0.3) is 0 Å². The number of amides is 1. The molecule has 1 aromatic carbocycles. The molecule has 1 amide bonds. The van der Waals surface area contributed by atoms with Gasteiger partial charge in [0.15, 0.2) is 5.16 Å². The molecular formula is C20H27N5O2S. The lowest BCUT2D eigenvalue weighted by atomic mass is 10.1. The number of piperidine rings is 1. The zero-order valence-corrected chi connectivity index (χ0v) is 16.9. The third-order valence-corrected chi connectivity index (χ3v) is 6.08. The molecule has 150 valence electrons. The second-order valence-corrected chi connectivity index (χ2v) is 8.17. The Morgan fingerprint density at radius 2 is 1.96 bits per heavy atom. The molecule has 1 unspecified atom stereocenters. The molecule has 2 aliphatic rings. The Morgan fingerprint density at radius 3 is 2.71 bits per heavy atom. The van der Waals surface area contributed by atoms with Crippen molar-refractivity contribution in [2.45, 2.75) is 43.4 Å². The van der Waals surface area contributed by atoms with Crippen LogP contribution < -0.4 is 10.2 Å². The van der Waals surface area contributed by atoms with Crippen molar-refractivity contribution in [3.63, 3.8) is 0 Å². The number of anilines is 1. The van der Waals surface area contributed by atoms with Crippen LogP contribution in [0.25, 0.3) is 5.69 Å². The van der Waals surface area contributed by atoms with Gasteiger partial charge in [0.1, 0.15) is 0 Å². The van der Waals surface area contributed by atoms with Crippen molar-refractivity contribution in [2.75, 3.05) is 36.9 Å². The second kappa shape index (κ2) is 9.43. The maximum Gasteiger partial charge on any atom is 0.232 e.